The molecule has 1 N–H and O–H groups in total. The molecule has 106 valence electrons. The van der Waals surface area contributed by atoms with Crippen molar-refractivity contribution in [3.63, 3.8) is 0 Å². The van der Waals surface area contributed by atoms with E-state index in [-0.39, 0.29) is 11.1 Å². The van der Waals surface area contributed by atoms with E-state index in [0.717, 1.165) is 0 Å². The van der Waals surface area contributed by atoms with Gasteiger partial charge in [-0.1, -0.05) is 35.9 Å². The van der Waals surface area contributed by atoms with E-state index in [0.29, 0.717) is 15.1 Å². The first kappa shape index (κ1) is 15.4. The van der Waals surface area contributed by atoms with Gasteiger partial charge in [0.15, 0.2) is 11.6 Å². The number of benzene rings is 2. The summed E-state index contributed by atoms with van der Waals surface area (Å²) in [5, 5.41) is 3.46. The number of hydrogen-bond acceptors (Lipinski definition) is 1. The van der Waals surface area contributed by atoms with Gasteiger partial charge < -0.3 is 5.32 Å². The average Bonchev–Trinajstić information content (AvgIpc) is 2.44. The van der Waals surface area contributed by atoms with Crippen molar-refractivity contribution in [2.24, 2.45) is 0 Å². The van der Waals surface area contributed by atoms with E-state index in [9.17, 15) is 8.78 Å². The molecule has 0 fully saturated rings. The summed E-state index contributed by atoms with van der Waals surface area (Å²) in [4.78, 5) is 0. The summed E-state index contributed by atoms with van der Waals surface area (Å²) in [5.41, 5.74) is 1.20. The minimum atomic E-state index is -0.847. The zero-order chi connectivity index (χ0) is 14.9. The SMILES string of the molecule is CNC(c1ccc(C)c(F)c1F)c1cccc(Br)c1Cl. The fraction of sp³-hybridized carbons (Fsp3) is 0.200. The van der Waals surface area contributed by atoms with E-state index in [2.05, 4.69) is 21.2 Å². The highest BCUT2D eigenvalue weighted by Gasteiger charge is 2.22. The van der Waals surface area contributed by atoms with Crippen LogP contribution in [0.25, 0.3) is 0 Å². The normalized spacial score (nSPS) is 12.5. The lowest BCUT2D eigenvalue weighted by atomic mass is 9.97. The predicted molar refractivity (Wildman–Crippen MR) is 81.1 cm³/mol. The average molecular weight is 361 g/mol. The summed E-state index contributed by atoms with van der Waals surface area (Å²) in [6.07, 6.45) is 0. The van der Waals surface area contributed by atoms with Crippen LogP contribution in [0.4, 0.5) is 8.78 Å². The Bertz CT molecular complexity index is 646. The van der Waals surface area contributed by atoms with Gasteiger partial charge in [-0.2, -0.15) is 0 Å². The Balaban J connectivity index is 2.59. The van der Waals surface area contributed by atoms with Crippen LogP contribution in [0.2, 0.25) is 5.02 Å². The van der Waals surface area contributed by atoms with Crippen LogP contribution in [0.1, 0.15) is 22.7 Å². The zero-order valence-corrected chi connectivity index (χ0v) is 13.3. The summed E-state index contributed by atoms with van der Waals surface area (Å²) >= 11 is 9.57. The van der Waals surface area contributed by atoms with Gasteiger partial charge in [-0.3, -0.25) is 0 Å². The molecule has 0 saturated carbocycles. The van der Waals surface area contributed by atoms with Crippen LogP contribution in [0, 0.1) is 18.6 Å². The fourth-order valence-corrected chi connectivity index (χ4v) is 2.72. The molecule has 0 spiro atoms. The molecular formula is C15H13BrClF2N. The van der Waals surface area contributed by atoms with Gasteiger partial charge in [0.05, 0.1) is 11.1 Å². The van der Waals surface area contributed by atoms with Gasteiger partial charge in [-0.05, 0) is 47.1 Å². The molecular weight excluding hydrogens is 348 g/mol. The molecule has 5 heteroatoms. The minimum Gasteiger partial charge on any atom is -0.309 e. The first-order valence-corrected chi connectivity index (χ1v) is 7.20. The maximum atomic E-state index is 14.1. The van der Waals surface area contributed by atoms with E-state index in [4.69, 9.17) is 11.6 Å². The topological polar surface area (TPSA) is 12.0 Å². The molecule has 0 aliphatic carbocycles. The van der Waals surface area contributed by atoms with Crippen LogP contribution in [-0.4, -0.2) is 7.05 Å². The lowest BCUT2D eigenvalue weighted by Crippen LogP contribution is -2.20. The van der Waals surface area contributed by atoms with Crippen molar-refractivity contribution >= 4 is 27.5 Å². The zero-order valence-electron chi connectivity index (χ0n) is 11.0. The van der Waals surface area contributed by atoms with Gasteiger partial charge in [0.1, 0.15) is 0 Å². The van der Waals surface area contributed by atoms with E-state index in [1.54, 1.807) is 37.4 Å². The van der Waals surface area contributed by atoms with Crippen molar-refractivity contribution in [3.05, 3.63) is 68.2 Å². The molecule has 0 heterocycles. The Morgan fingerprint density at radius 3 is 2.45 bits per heavy atom. The highest BCUT2D eigenvalue weighted by molar-refractivity contribution is 9.10. The fourth-order valence-electron chi connectivity index (χ4n) is 2.11. The molecule has 0 aliphatic rings. The van der Waals surface area contributed by atoms with Crippen LogP contribution in [0.3, 0.4) is 0 Å². The van der Waals surface area contributed by atoms with Gasteiger partial charge >= 0.3 is 0 Å². The Morgan fingerprint density at radius 2 is 1.80 bits per heavy atom. The molecule has 0 aliphatic heterocycles. The molecule has 1 atom stereocenters. The summed E-state index contributed by atoms with van der Waals surface area (Å²) < 4.78 is 28.6. The maximum Gasteiger partial charge on any atom is 0.164 e. The Morgan fingerprint density at radius 1 is 1.10 bits per heavy atom. The molecule has 2 aromatic rings. The second-order valence-corrected chi connectivity index (χ2v) is 5.70. The molecule has 0 saturated heterocycles. The van der Waals surface area contributed by atoms with Crippen molar-refractivity contribution < 1.29 is 8.78 Å². The Labute approximate surface area is 130 Å². The predicted octanol–water partition coefficient (Wildman–Crippen LogP) is 5.00. The smallest absolute Gasteiger partial charge is 0.164 e. The summed E-state index contributed by atoms with van der Waals surface area (Å²) in [5.74, 6) is -1.67. The number of hydrogen-bond donors (Lipinski definition) is 1. The van der Waals surface area contributed by atoms with Crippen molar-refractivity contribution in [3.8, 4) is 0 Å². The second-order valence-electron chi connectivity index (χ2n) is 4.46. The van der Waals surface area contributed by atoms with Crippen LogP contribution >= 0.6 is 27.5 Å². The third-order valence-corrected chi connectivity index (χ3v) is 4.51. The van der Waals surface area contributed by atoms with Gasteiger partial charge in [-0.25, -0.2) is 8.78 Å². The second kappa shape index (κ2) is 6.20. The molecule has 20 heavy (non-hydrogen) atoms. The molecule has 0 bridgehead atoms. The molecule has 0 radical (unpaired) electrons. The summed E-state index contributed by atoms with van der Waals surface area (Å²) in [6, 6.07) is 8.00. The van der Waals surface area contributed by atoms with Crippen LogP contribution in [0.15, 0.2) is 34.8 Å². The van der Waals surface area contributed by atoms with E-state index >= 15 is 0 Å². The molecule has 2 rings (SSSR count). The minimum absolute atomic E-state index is 0.232. The van der Waals surface area contributed by atoms with E-state index in [1.165, 1.54) is 6.92 Å². The summed E-state index contributed by atoms with van der Waals surface area (Å²) in [6.45, 7) is 1.53. The summed E-state index contributed by atoms with van der Waals surface area (Å²) in [7, 11) is 1.68. The first-order chi connectivity index (χ1) is 9.47. The number of rotatable bonds is 3. The standard InChI is InChI=1S/C15H13BrClF2N/c1-8-6-7-10(14(19)13(8)18)15(20-2)9-4-3-5-11(16)12(9)17/h3-7,15,20H,1-2H3. The first-order valence-electron chi connectivity index (χ1n) is 6.03. The largest absolute Gasteiger partial charge is 0.309 e. The van der Waals surface area contributed by atoms with Crippen molar-refractivity contribution in [2.75, 3.05) is 7.05 Å². The highest BCUT2D eigenvalue weighted by Crippen LogP contribution is 2.34. The van der Waals surface area contributed by atoms with Crippen molar-refractivity contribution in [2.45, 2.75) is 13.0 Å². The molecule has 1 unspecified atom stereocenters. The third-order valence-electron chi connectivity index (χ3n) is 3.20. The van der Waals surface area contributed by atoms with Crippen molar-refractivity contribution in [1.29, 1.82) is 0 Å². The van der Waals surface area contributed by atoms with Gasteiger partial charge in [0.2, 0.25) is 0 Å². The van der Waals surface area contributed by atoms with Gasteiger partial charge in [-0.15, -0.1) is 0 Å². The maximum absolute atomic E-state index is 14.1. The van der Waals surface area contributed by atoms with E-state index < -0.39 is 17.7 Å². The highest BCUT2D eigenvalue weighted by atomic mass is 79.9. The molecule has 2 aromatic carbocycles. The van der Waals surface area contributed by atoms with Crippen LogP contribution in [0.5, 0.6) is 0 Å². The number of nitrogens with one attached hydrogen (secondary N) is 1. The number of halogens is 4. The molecule has 0 aromatic heterocycles. The Hall–Kier alpha value is -0.970. The monoisotopic (exact) mass is 359 g/mol. The Kier molecular flexibility index (Phi) is 4.78. The third kappa shape index (κ3) is 2.73. The molecule has 0 amide bonds. The molecule has 1 nitrogen and oxygen atoms in total. The lowest BCUT2D eigenvalue weighted by molar-refractivity contribution is 0.482. The van der Waals surface area contributed by atoms with E-state index in [1.807, 2.05) is 0 Å². The number of aryl methyl sites for hydroxylation is 1. The van der Waals surface area contributed by atoms with Crippen LogP contribution in [-0.2, 0) is 0 Å². The van der Waals surface area contributed by atoms with Gasteiger partial charge in [0, 0.05) is 10.0 Å². The quantitative estimate of drug-likeness (QED) is 0.812. The van der Waals surface area contributed by atoms with Crippen molar-refractivity contribution in [1.82, 2.24) is 5.32 Å². The lowest BCUT2D eigenvalue weighted by Gasteiger charge is -2.20. The van der Waals surface area contributed by atoms with Gasteiger partial charge in [0.25, 0.3) is 0 Å². The van der Waals surface area contributed by atoms with Crippen LogP contribution < -0.4 is 5.32 Å².